The summed E-state index contributed by atoms with van der Waals surface area (Å²) in [5.41, 5.74) is 0.581. The first-order valence-electron chi connectivity index (χ1n) is 5.43. The second-order valence-corrected chi connectivity index (χ2v) is 4.95. The summed E-state index contributed by atoms with van der Waals surface area (Å²) in [5, 5.41) is 0. The fourth-order valence-electron chi connectivity index (χ4n) is 3.27. The maximum atomic E-state index is 6.14. The lowest BCUT2D eigenvalue weighted by Crippen LogP contribution is -2.27. The number of rotatable bonds is 2. The van der Waals surface area contributed by atoms with Gasteiger partial charge >= 0.3 is 0 Å². The van der Waals surface area contributed by atoms with Crippen molar-refractivity contribution in [1.82, 2.24) is 0 Å². The average molecular weight is 187 g/mol. The van der Waals surface area contributed by atoms with Crippen molar-refractivity contribution >= 4 is 11.6 Å². The molecule has 0 N–H and O–H groups in total. The Labute approximate surface area is 80.7 Å². The lowest BCUT2D eigenvalue weighted by Gasteiger charge is -2.33. The fraction of sp³-hybridized carbons (Fsp3) is 1.00. The quantitative estimate of drug-likeness (QED) is 0.573. The van der Waals surface area contributed by atoms with Gasteiger partial charge in [0.25, 0.3) is 0 Å². The molecule has 0 nitrogen and oxygen atoms in total. The molecule has 0 aromatic heterocycles. The predicted molar refractivity (Wildman–Crippen MR) is 53.6 cm³/mol. The van der Waals surface area contributed by atoms with Crippen molar-refractivity contribution in [1.29, 1.82) is 0 Å². The second kappa shape index (κ2) is 3.57. The second-order valence-electron chi connectivity index (χ2n) is 4.68. The number of hydrogen-bond acceptors (Lipinski definition) is 0. The maximum Gasteiger partial charge on any atom is 0.0282 e. The Bertz CT molecular complexity index is 141. The minimum atomic E-state index is 0.581. The molecule has 2 rings (SSSR count). The number of alkyl halides is 1. The molecular formula is C11H19Cl. The molecule has 2 aliphatic rings. The highest BCUT2D eigenvalue weighted by atomic mass is 35.5. The summed E-state index contributed by atoms with van der Waals surface area (Å²) < 4.78 is 0. The number of hydrogen-bond donors (Lipinski definition) is 0. The third-order valence-electron chi connectivity index (χ3n) is 4.09. The van der Waals surface area contributed by atoms with Gasteiger partial charge in [0.2, 0.25) is 0 Å². The number of halogens is 1. The van der Waals surface area contributed by atoms with Crippen LogP contribution < -0.4 is 0 Å². The Morgan fingerprint density at radius 3 is 2.08 bits per heavy atom. The first kappa shape index (κ1) is 8.87. The van der Waals surface area contributed by atoms with E-state index in [1.807, 2.05) is 0 Å². The summed E-state index contributed by atoms with van der Waals surface area (Å²) in [6, 6.07) is 0. The molecule has 0 bridgehead atoms. The molecule has 2 fully saturated rings. The molecule has 0 atom stereocenters. The molecule has 0 aliphatic heterocycles. The molecule has 1 heteroatoms. The molecule has 0 radical (unpaired) electrons. The largest absolute Gasteiger partial charge is 0.126 e. The van der Waals surface area contributed by atoms with Gasteiger partial charge in [-0.05, 0) is 37.0 Å². The van der Waals surface area contributed by atoms with Crippen molar-refractivity contribution < 1.29 is 0 Å². The molecule has 0 heterocycles. The van der Waals surface area contributed by atoms with Crippen LogP contribution in [0.5, 0.6) is 0 Å². The zero-order chi connectivity index (χ0) is 8.44. The fourth-order valence-corrected chi connectivity index (χ4v) is 3.75. The first-order valence-corrected chi connectivity index (χ1v) is 5.97. The standard InChI is InChI=1S/C11H19Cl/c12-9-11(7-3-4-8-11)10-5-1-2-6-10/h10H,1-9H2. The Balaban J connectivity index is 2.04. The highest BCUT2D eigenvalue weighted by molar-refractivity contribution is 6.18. The van der Waals surface area contributed by atoms with E-state index < -0.39 is 0 Å². The van der Waals surface area contributed by atoms with Crippen LogP contribution in [0.15, 0.2) is 0 Å². The Morgan fingerprint density at radius 2 is 1.58 bits per heavy atom. The molecule has 70 valence electrons. The van der Waals surface area contributed by atoms with Crippen molar-refractivity contribution in [2.75, 3.05) is 5.88 Å². The maximum absolute atomic E-state index is 6.14. The molecule has 0 aromatic carbocycles. The summed E-state index contributed by atoms with van der Waals surface area (Å²) in [6.45, 7) is 0. The van der Waals surface area contributed by atoms with Gasteiger partial charge in [0, 0.05) is 5.88 Å². The van der Waals surface area contributed by atoms with Crippen LogP contribution in [0.25, 0.3) is 0 Å². The summed E-state index contributed by atoms with van der Waals surface area (Å²) in [7, 11) is 0. The molecule has 2 saturated carbocycles. The van der Waals surface area contributed by atoms with E-state index >= 15 is 0 Å². The van der Waals surface area contributed by atoms with Gasteiger partial charge in [-0.15, -0.1) is 11.6 Å². The van der Waals surface area contributed by atoms with Gasteiger partial charge in [-0.3, -0.25) is 0 Å². The van der Waals surface area contributed by atoms with Crippen LogP contribution in [0.1, 0.15) is 51.4 Å². The van der Waals surface area contributed by atoms with Gasteiger partial charge in [-0.2, -0.15) is 0 Å². The van der Waals surface area contributed by atoms with Crippen molar-refractivity contribution in [2.45, 2.75) is 51.4 Å². The molecule has 0 amide bonds. The van der Waals surface area contributed by atoms with E-state index in [0.717, 1.165) is 11.8 Å². The van der Waals surface area contributed by atoms with Crippen LogP contribution in [0.4, 0.5) is 0 Å². The first-order chi connectivity index (χ1) is 5.87. The molecule has 0 saturated heterocycles. The minimum Gasteiger partial charge on any atom is -0.126 e. The molecule has 12 heavy (non-hydrogen) atoms. The van der Waals surface area contributed by atoms with Crippen molar-refractivity contribution in [3.8, 4) is 0 Å². The van der Waals surface area contributed by atoms with E-state index in [4.69, 9.17) is 11.6 Å². The SMILES string of the molecule is ClCC1(C2CCCC2)CCCC1. The van der Waals surface area contributed by atoms with Gasteiger partial charge in [-0.25, -0.2) is 0 Å². The summed E-state index contributed by atoms with van der Waals surface area (Å²) in [5.74, 6) is 1.91. The zero-order valence-corrected chi connectivity index (χ0v) is 8.58. The highest BCUT2D eigenvalue weighted by Gasteiger charge is 2.41. The van der Waals surface area contributed by atoms with E-state index in [2.05, 4.69) is 0 Å². The van der Waals surface area contributed by atoms with Gasteiger partial charge in [0.1, 0.15) is 0 Å². The summed E-state index contributed by atoms with van der Waals surface area (Å²) in [4.78, 5) is 0. The third kappa shape index (κ3) is 1.39. The van der Waals surface area contributed by atoms with Crippen LogP contribution in [0.2, 0.25) is 0 Å². The Hall–Kier alpha value is 0.290. The monoisotopic (exact) mass is 186 g/mol. The van der Waals surface area contributed by atoms with Crippen molar-refractivity contribution in [3.05, 3.63) is 0 Å². The molecular weight excluding hydrogens is 168 g/mol. The van der Waals surface area contributed by atoms with Gasteiger partial charge in [0.05, 0.1) is 0 Å². The topological polar surface area (TPSA) is 0 Å². The average Bonchev–Trinajstić information content (AvgIpc) is 2.76. The normalized spacial score (nSPS) is 29.8. The lowest BCUT2D eigenvalue weighted by molar-refractivity contribution is 0.202. The van der Waals surface area contributed by atoms with E-state index in [1.165, 1.54) is 51.4 Å². The lowest BCUT2D eigenvalue weighted by atomic mass is 9.74. The van der Waals surface area contributed by atoms with E-state index in [-0.39, 0.29) is 0 Å². The van der Waals surface area contributed by atoms with Crippen LogP contribution >= 0.6 is 11.6 Å². The minimum absolute atomic E-state index is 0.581. The van der Waals surface area contributed by atoms with Crippen molar-refractivity contribution in [2.24, 2.45) is 11.3 Å². The summed E-state index contributed by atoms with van der Waals surface area (Å²) in [6.07, 6.45) is 11.6. The van der Waals surface area contributed by atoms with E-state index in [0.29, 0.717) is 5.41 Å². The summed E-state index contributed by atoms with van der Waals surface area (Å²) >= 11 is 6.14. The van der Waals surface area contributed by atoms with E-state index in [9.17, 15) is 0 Å². The smallest absolute Gasteiger partial charge is 0.0282 e. The highest BCUT2D eigenvalue weighted by Crippen LogP contribution is 2.50. The molecule has 0 aromatic rings. The third-order valence-corrected chi connectivity index (χ3v) is 4.62. The van der Waals surface area contributed by atoms with Crippen LogP contribution in [-0.4, -0.2) is 5.88 Å². The van der Waals surface area contributed by atoms with E-state index in [1.54, 1.807) is 0 Å². The predicted octanol–water partition coefficient (Wildman–Crippen LogP) is 3.98. The van der Waals surface area contributed by atoms with Gasteiger partial charge < -0.3 is 0 Å². The van der Waals surface area contributed by atoms with Gasteiger partial charge in [0.15, 0.2) is 0 Å². The van der Waals surface area contributed by atoms with Gasteiger partial charge in [-0.1, -0.05) is 25.7 Å². The van der Waals surface area contributed by atoms with Crippen LogP contribution in [0, 0.1) is 11.3 Å². The van der Waals surface area contributed by atoms with Crippen molar-refractivity contribution in [3.63, 3.8) is 0 Å². The molecule has 2 aliphatic carbocycles. The Kier molecular flexibility index (Phi) is 2.64. The Morgan fingerprint density at radius 1 is 1.00 bits per heavy atom. The van der Waals surface area contributed by atoms with Crippen LogP contribution in [-0.2, 0) is 0 Å². The zero-order valence-electron chi connectivity index (χ0n) is 7.82. The van der Waals surface area contributed by atoms with Crippen LogP contribution in [0.3, 0.4) is 0 Å². The molecule has 0 unspecified atom stereocenters. The molecule has 0 spiro atoms.